The van der Waals surface area contributed by atoms with Crippen molar-refractivity contribution in [1.82, 2.24) is 30.5 Å². The Hall–Kier alpha value is -3.40. The first kappa shape index (κ1) is 17.7. The molecule has 4 heterocycles. The van der Waals surface area contributed by atoms with Crippen LogP contribution in [0.2, 0.25) is 0 Å². The predicted octanol–water partition coefficient (Wildman–Crippen LogP) is 1.55. The molecule has 0 spiro atoms. The maximum absolute atomic E-state index is 14.9. The molecule has 0 radical (unpaired) electrons. The molecule has 1 amide bonds. The van der Waals surface area contributed by atoms with Crippen LogP contribution in [-0.2, 0) is 18.2 Å². The molecule has 148 valence electrons. The number of tetrazole rings is 1. The average molecular weight is 395 g/mol. The summed E-state index contributed by atoms with van der Waals surface area (Å²) in [7, 11) is 3.54. The van der Waals surface area contributed by atoms with Crippen molar-refractivity contribution >= 4 is 11.8 Å². The molecule has 1 fully saturated rings. The summed E-state index contributed by atoms with van der Waals surface area (Å²) in [5.74, 6) is 0.116. The highest BCUT2D eigenvalue weighted by Crippen LogP contribution is 2.41. The second-order valence-electron chi connectivity index (χ2n) is 7.14. The summed E-state index contributed by atoms with van der Waals surface area (Å²) in [5.41, 5.74) is 3.19. The lowest BCUT2D eigenvalue weighted by atomic mass is 10.00. The van der Waals surface area contributed by atoms with E-state index in [0.717, 1.165) is 5.56 Å². The number of anilines is 1. The summed E-state index contributed by atoms with van der Waals surface area (Å²) in [6, 6.07) is 6.63. The second kappa shape index (κ2) is 6.59. The van der Waals surface area contributed by atoms with Gasteiger partial charge in [0.1, 0.15) is 17.6 Å². The molecule has 0 bridgehead atoms. The molecule has 1 aromatic carbocycles. The van der Waals surface area contributed by atoms with Crippen molar-refractivity contribution < 1.29 is 13.9 Å². The third-order valence-electron chi connectivity index (χ3n) is 5.40. The van der Waals surface area contributed by atoms with Gasteiger partial charge in [-0.1, -0.05) is 6.07 Å². The Labute approximate surface area is 165 Å². The Morgan fingerprint density at radius 3 is 2.90 bits per heavy atom. The van der Waals surface area contributed by atoms with Crippen LogP contribution >= 0.6 is 0 Å². The number of rotatable bonds is 4. The maximum atomic E-state index is 14.9. The van der Waals surface area contributed by atoms with E-state index in [1.54, 1.807) is 36.3 Å². The minimum Gasteiger partial charge on any atom is -0.442 e. The van der Waals surface area contributed by atoms with Gasteiger partial charge in [-0.15, -0.1) is 5.10 Å². The molecule has 0 saturated carbocycles. The first-order chi connectivity index (χ1) is 14.1. The van der Waals surface area contributed by atoms with Crippen molar-refractivity contribution in [2.75, 3.05) is 18.5 Å². The summed E-state index contributed by atoms with van der Waals surface area (Å²) in [5, 5.41) is 14.4. The van der Waals surface area contributed by atoms with Gasteiger partial charge in [-0.05, 0) is 47.7 Å². The fourth-order valence-electron chi connectivity index (χ4n) is 4.02. The lowest BCUT2D eigenvalue weighted by Crippen LogP contribution is -2.38. The zero-order valence-electron chi connectivity index (χ0n) is 15.8. The number of nitrogens with zero attached hydrogens (tertiary/aromatic N) is 6. The summed E-state index contributed by atoms with van der Waals surface area (Å²) in [4.78, 5) is 18.2. The average Bonchev–Trinajstić information content (AvgIpc) is 3.38. The van der Waals surface area contributed by atoms with Crippen molar-refractivity contribution in [3.8, 4) is 22.6 Å². The van der Waals surface area contributed by atoms with Gasteiger partial charge in [-0.25, -0.2) is 13.9 Å². The highest BCUT2D eigenvalue weighted by molar-refractivity contribution is 5.94. The molecular weight excluding hydrogens is 377 g/mol. The van der Waals surface area contributed by atoms with E-state index in [9.17, 15) is 9.18 Å². The third kappa shape index (κ3) is 2.75. The fourth-order valence-corrected chi connectivity index (χ4v) is 4.02. The number of pyridine rings is 1. The van der Waals surface area contributed by atoms with Gasteiger partial charge in [-0.3, -0.25) is 9.88 Å². The van der Waals surface area contributed by atoms with Gasteiger partial charge in [0.15, 0.2) is 5.82 Å². The Morgan fingerprint density at radius 1 is 1.34 bits per heavy atom. The topological polar surface area (TPSA) is 98.1 Å². The molecule has 2 atom stereocenters. The second-order valence-corrected chi connectivity index (χ2v) is 7.14. The van der Waals surface area contributed by atoms with Crippen LogP contribution in [-0.4, -0.2) is 57.0 Å². The van der Waals surface area contributed by atoms with Gasteiger partial charge in [-0.2, -0.15) is 0 Å². The Kier molecular flexibility index (Phi) is 4.02. The van der Waals surface area contributed by atoms with Crippen molar-refractivity contribution in [1.29, 1.82) is 0 Å². The van der Waals surface area contributed by atoms with E-state index in [1.165, 1.54) is 10.7 Å². The van der Waals surface area contributed by atoms with Crippen LogP contribution in [0.1, 0.15) is 5.56 Å². The molecule has 10 heteroatoms. The number of aromatic nitrogens is 5. The minimum absolute atomic E-state index is 0.122. The van der Waals surface area contributed by atoms with Crippen LogP contribution in [0.15, 0.2) is 30.5 Å². The van der Waals surface area contributed by atoms with E-state index < -0.39 is 11.9 Å². The number of cyclic esters (lactones) is 1. The molecule has 0 aliphatic carbocycles. The van der Waals surface area contributed by atoms with E-state index in [-0.39, 0.29) is 12.1 Å². The number of halogens is 1. The van der Waals surface area contributed by atoms with E-state index in [2.05, 4.69) is 25.8 Å². The quantitative estimate of drug-likeness (QED) is 0.716. The molecule has 9 nitrogen and oxygen atoms in total. The van der Waals surface area contributed by atoms with Crippen molar-refractivity contribution in [3.05, 3.63) is 41.8 Å². The molecule has 3 aromatic rings. The van der Waals surface area contributed by atoms with Gasteiger partial charge in [0, 0.05) is 30.9 Å². The highest BCUT2D eigenvalue weighted by Gasteiger charge is 2.47. The molecule has 5 rings (SSSR count). The van der Waals surface area contributed by atoms with Gasteiger partial charge in [0.05, 0.1) is 11.7 Å². The van der Waals surface area contributed by atoms with E-state index in [4.69, 9.17) is 4.74 Å². The monoisotopic (exact) mass is 395 g/mol. The van der Waals surface area contributed by atoms with Gasteiger partial charge in [0.25, 0.3) is 0 Å². The predicted molar refractivity (Wildman–Crippen MR) is 102 cm³/mol. The van der Waals surface area contributed by atoms with E-state index in [0.29, 0.717) is 41.3 Å². The van der Waals surface area contributed by atoms with Crippen LogP contribution in [0.4, 0.5) is 14.9 Å². The Morgan fingerprint density at radius 2 is 2.21 bits per heavy atom. The van der Waals surface area contributed by atoms with Gasteiger partial charge in [0.2, 0.25) is 0 Å². The molecule has 1 saturated heterocycles. The smallest absolute Gasteiger partial charge is 0.415 e. The van der Waals surface area contributed by atoms with Crippen molar-refractivity contribution in [3.63, 3.8) is 0 Å². The summed E-state index contributed by atoms with van der Waals surface area (Å²) < 4.78 is 21.9. The van der Waals surface area contributed by atoms with Crippen LogP contribution < -0.4 is 10.2 Å². The van der Waals surface area contributed by atoms with Crippen LogP contribution in [0.5, 0.6) is 0 Å². The first-order valence-corrected chi connectivity index (χ1v) is 9.23. The van der Waals surface area contributed by atoms with E-state index >= 15 is 0 Å². The SMILES string of the molecule is CNC[C@@H]1OC(=O)N2c3cc(F)c(-c4ccc(-c5nnnn5C)nc4)cc3C[C@@H]12. The molecule has 0 unspecified atom stereocenters. The lowest BCUT2D eigenvalue weighted by molar-refractivity contribution is 0.131. The Bertz CT molecular complexity index is 1100. The maximum Gasteiger partial charge on any atom is 0.415 e. The standard InChI is InChI=1S/C19H18FN7O2/c1-21-9-17-16-6-11-5-12(13(20)7-15(11)27(16)19(28)29-17)10-3-4-14(22-8-10)18-23-24-25-26(18)2/h3-5,7-8,16-17,21H,6,9H2,1-2H3/t16-,17-/m0/s1. The summed E-state index contributed by atoms with van der Waals surface area (Å²) in [6.45, 7) is 0.554. The number of likely N-dealkylation sites (N-methyl/N-ethyl adjacent to an activating group) is 1. The minimum atomic E-state index is -0.426. The summed E-state index contributed by atoms with van der Waals surface area (Å²) >= 11 is 0. The van der Waals surface area contributed by atoms with Crippen LogP contribution in [0.25, 0.3) is 22.6 Å². The normalized spacial score (nSPS) is 20.0. The van der Waals surface area contributed by atoms with Crippen LogP contribution in [0.3, 0.4) is 0 Å². The summed E-state index contributed by atoms with van der Waals surface area (Å²) in [6.07, 6.45) is 1.54. The largest absolute Gasteiger partial charge is 0.442 e. The number of nitrogens with one attached hydrogen (secondary N) is 1. The van der Waals surface area contributed by atoms with Gasteiger partial charge >= 0.3 is 6.09 Å². The van der Waals surface area contributed by atoms with Crippen molar-refractivity contribution in [2.24, 2.45) is 7.05 Å². The molecule has 29 heavy (non-hydrogen) atoms. The number of amides is 1. The fraction of sp³-hybridized carbons (Fsp3) is 0.316. The first-order valence-electron chi connectivity index (χ1n) is 9.23. The van der Waals surface area contributed by atoms with E-state index in [1.807, 2.05) is 7.05 Å². The number of benzene rings is 1. The number of hydrogen-bond donors (Lipinski definition) is 1. The lowest BCUT2D eigenvalue weighted by Gasteiger charge is -2.16. The molecule has 1 N–H and O–H groups in total. The number of ether oxygens (including phenoxy) is 1. The number of aryl methyl sites for hydroxylation is 1. The number of carbonyl (C=O) groups excluding carboxylic acids is 1. The van der Waals surface area contributed by atoms with Crippen molar-refractivity contribution in [2.45, 2.75) is 18.6 Å². The number of fused-ring (bicyclic) bond motifs is 3. The molecule has 2 aliphatic rings. The molecular formula is C19H18FN7O2. The van der Waals surface area contributed by atoms with Gasteiger partial charge < -0.3 is 10.1 Å². The number of hydrogen-bond acceptors (Lipinski definition) is 7. The van der Waals surface area contributed by atoms with Crippen LogP contribution in [0, 0.1) is 5.82 Å². The highest BCUT2D eigenvalue weighted by atomic mass is 19.1. The zero-order valence-corrected chi connectivity index (χ0v) is 15.8. The number of carbonyl (C=O) groups is 1. The zero-order chi connectivity index (χ0) is 20.1. The Balaban J connectivity index is 1.48. The molecule has 2 aliphatic heterocycles. The third-order valence-corrected chi connectivity index (χ3v) is 5.40. The molecule has 2 aromatic heterocycles.